The van der Waals surface area contributed by atoms with Gasteiger partial charge in [-0.25, -0.2) is 0 Å². The van der Waals surface area contributed by atoms with Gasteiger partial charge in [-0.2, -0.15) is 5.01 Å². The van der Waals surface area contributed by atoms with Gasteiger partial charge in [-0.1, -0.05) is 57.5 Å². The first-order valence-corrected chi connectivity index (χ1v) is 13.5. The molecule has 0 radical (unpaired) electrons. The Morgan fingerprint density at radius 3 is 2.58 bits per heavy atom. The monoisotopic (exact) mass is 646 g/mol. The van der Waals surface area contributed by atoms with Crippen LogP contribution in [-0.2, 0) is 11.4 Å². The van der Waals surface area contributed by atoms with Crippen molar-refractivity contribution in [2.24, 2.45) is 0 Å². The molecule has 1 heterocycles. The van der Waals surface area contributed by atoms with Crippen molar-refractivity contribution in [2.45, 2.75) is 13.5 Å². The van der Waals surface area contributed by atoms with Crippen LogP contribution in [0.1, 0.15) is 27.0 Å². The standard InChI is InChI=1S/C26H20Br2N2O4S2/c1-15-6-8-18(9-7-15)24(31)29-30-25(32)22(36-26(30)35)13-17-11-20(28)23(21(12-17)33-2)34-14-16-4-3-5-19(27)10-16/h3-13H,14H2,1-2H3,(H,29,31)/b22-13+. The van der Waals surface area contributed by atoms with Crippen LogP contribution in [0, 0.1) is 6.92 Å². The molecule has 0 bridgehead atoms. The molecular formula is C26H20Br2N2O4S2. The summed E-state index contributed by atoms with van der Waals surface area (Å²) in [4.78, 5) is 26.0. The molecule has 3 aromatic rings. The Kier molecular flexibility index (Phi) is 8.50. The molecule has 0 unspecified atom stereocenters. The van der Waals surface area contributed by atoms with Gasteiger partial charge in [-0.15, -0.1) is 0 Å². The number of ether oxygens (including phenoxy) is 2. The molecule has 0 spiro atoms. The number of aryl methyl sites for hydroxylation is 1. The van der Waals surface area contributed by atoms with Gasteiger partial charge in [-0.3, -0.25) is 15.0 Å². The van der Waals surface area contributed by atoms with E-state index < -0.39 is 11.8 Å². The number of nitrogens with zero attached hydrogens (tertiary/aromatic N) is 1. The molecule has 2 amide bonds. The van der Waals surface area contributed by atoms with Crippen LogP contribution in [0.3, 0.4) is 0 Å². The number of thioether (sulfide) groups is 1. The van der Waals surface area contributed by atoms with Gasteiger partial charge in [0.15, 0.2) is 15.8 Å². The molecule has 0 saturated carbocycles. The number of amides is 2. The first-order valence-electron chi connectivity index (χ1n) is 10.7. The van der Waals surface area contributed by atoms with E-state index in [4.69, 9.17) is 21.7 Å². The van der Waals surface area contributed by atoms with E-state index >= 15 is 0 Å². The topological polar surface area (TPSA) is 67.9 Å². The van der Waals surface area contributed by atoms with Gasteiger partial charge in [0.25, 0.3) is 11.8 Å². The summed E-state index contributed by atoms with van der Waals surface area (Å²) in [5.74, 6) is 0.237. The van der Waals surface area contributed by atoms with E-state index in [-0.39, 0.29) is 4.32 Å². The summed E-state index contributed by atoms with van der Waals surface area (Å²) >= 11 is 13.5. The van der Waals surface area contributed by atoms with Gasteiger partial charge in [0.05, 0.1) is 16.5 Å². The number of hydrogen-bond acceptors (Lipinski definition) is 6. The van der Waals surface area contributed by atoms with E-state index in [9.17, 15) is 9.59 Å². The van der Waals surface area contributed by atoms with Crippen LogP contribution >= 0.6 is 55.8 Å². The lowest BCUT2D eigenvalue weighted by Crippen LogP contribution is -2.44. The van der Waals surface area contributed by atoms with E-state index in [2.05, 4.69) is 37.3 Å². The molecule has 1 aliphatic rings. The van der Waals surface area contributed by atoms with Crippen LogP contribution in [0.25, 0.3) is 6.08 Å². The van der Waals surface area contributed by atoms with Crippen LogP contribution in [0.15, 0.2) is 74.5 Å². The summed E-state index contributed by atoms with van der Waals surface area (Å²) in [5.41, 5.74) is 5.77. The minimum atomic E-state index is -0.413. The summed E-state index contributed by atoms with van der Waals surface area (Å²) in [7, 11) is 1.55. The second-order valence-electron chi connectivity index (χ2n) is 7.78. The molecule has 0 aromatic heterocycles. The highest BCUT2D eigenvalue weighted by molar-refractivity contribution is 9.10. The highest BCUT2D eigenvalue weighted by Gasteiger charge is 2.34. The molecule has 0 aliphatic carbocycles. The lowest BCUT2D eigenvalue weighted by Gasteiger charge is -2.15. The predicted molar refractivity (Wildman–Crippen MR) is 153 cm³/mol. The predicted octanol–water partition coefficient (Wildman–Crippen LogP) is 6.65. The van der Waals surface area contributed by atoms with Gasteiger partial charge >= 0.3 is 0 Å². The van der Waals surface area contributed by atoms with Crippen molar-refractivity contribution >= 4 is 78.1 Å². The number of nitrogens with one attached hydrogen (secondary N) is 1. The normalized spacial score (nSPS) is 14.3. The molecule has 4 rings (SSSR count). The number of hydrogen-bond donors (Lipinski definition) is 1. The average molecular weight is 648 g/mol. The molecule has 184 valence electrons. The fraction of sp³-hybridized carbons (Fsp3) is 0.115. The second kappa shape index (κ2) is 11.6. The van der Waals surface area contributed by atoms with Crippen LogP contribution in [0.2, 0.25) is 0 Å². The van der Waals surface area contributed by atoms with Crippen molar-refractivity contribution in [1.82, 2.24) is 10.4 Å². The average Bonchev–Trinajstić information content (AvgIpc) is 3.10. The molecule has 36 heavy (non-hydrogen) atoms. The third kappa shape index (κ3) is 6.18. The Labute approximate surface area is 235 Å². The zero-order chi connectivity index (χ0) is 25.8. The Morgan fingerprint density at radius 1 is 1.14 bits per heavy atom. The largest absolute Gasteiger partial charge is 0.493 e. The van der Waals surface area contributed by atoms with E-state index in [1.54, 1.807) is 31.4 Å². The highest BCUT2D eigenvalue weighted by atomic mass is 79.9. The summed E-state index contributed by atoms with van der Waals surface area (Å²) in [6.07, 6.45) is 1.70. The van der Waals surface area contributed by atoms with Gasteiger partial charge in [-0.05, 0) is 88.7 Å². The van der Waals surface area contributed by atoms with Gasteiger partial charge < -0.3 is 9.47 Å². The molecule has 1 fully saturated rings. The molecule has 1 saturated heterocycles. The van der Waals surface area contributed by atoms with Gasteiger partial charge in [0.2, 0.25) is 0 Å². The quantitative estimate of drug-likeness (QED) is 0.229. The van der Waals surface area contributed by atoms with Crippen LogP contribution in [0.5, 0.6) is 11.5 Å². The fourth-order valence-electron chi connectivity index (χ4n) is 3.33. The fourth-order valence-corrected chi connectivity index (χ4v) is 5.53. The SMILES string of the molecule is COc1cc(/C=C2/SC(=S)N(NC(=O)c3ccc(C)cc3)C2=O)cc(Br)c1OCc1cccc(Br)c1. The van der Waals surface area contributed by atoms with Crippen LogP contribution in [0.4, 0.5) is 0 Å². The van der Waals surface area contributed by atoms with Crippen LogP contribution in [-0.4, -0.2) is 28.3 Å². The zero-order valence-electron chi connectivity index (χ0n) is 19.2. The minimum absolute atomic E-state index is 0.242. The summed E-state index contributed by atoms with van der Waals surface area (Å²) in [5, 5.41) is 1.09. The maximum absolute atomic E-state index is 13.0. The number of methoxy groups -OCH3 is 1. The molecular weight excluding hydrogens is 628 g/mol. The Morgan fingerprint density at radius 2 is 1.89 bits per heavy atom. The van der Waals surface area contributed by atoms with E-state index in [1.165, 1.54) is 0 Å². The summed E-state index contributed by atoms with van der Waals surface area (Å²) in [6, 6.07) is 18.5. The highest BCUT2D eigenvalue weighted by Crippen LogP contribution is 2.39. The van der Waals surface area contributed by atoms with Crippen molar-refractivity contribution in [1.29, 1.82) is 0 Å². The molecule has 6 nitrogen and oxygen atoms in total. The number of rotatable bonds is 7. The summed E-state index contributed by atoms with van der Waals surface area (Å²) < 4.78 is 13.4. The number of benzene rings is 3. The lowest BCUT2D eigenvalue weighted by atomic mass is 10.1. The van der Waals surface area contributed by atoms with Crippen molar-refractivity contribution in [3.05, 3.63) is 96.8 Å². The van der Waals surface area contributed by atoms with Crippen molar-refractivity contribution in [3.8, 4) is 11.5 Å². The Balaban J connectivity index is 1.51. The molecule has 1 N–H and O–H groups in total. The summed E-state index contributed by atoms with van der Waals surface area (Å²) in [6.45, 7) is 2.29. The smallest absolute Gasteiger partial charge is 0.285 e. The number of halogens is 2. The Bertz CT molecular complexity index is 1380. The van der Waals surface area contributed by atoms with Crippen molar-refractivity contribution in [2.75, 3.05) is 7.11 Å². The maximum Gasteiger partial charge on any atom is 0.285 e. The molecule has 0 atom stereocenters. The van der Waals surface area contributed by atoms with E-state index in [0.717, 1.165) is 32.4 Å². The third-order valence-electron chi connectivity index (χ3n) is 5.14. The van der Waals surface area contributed by atoms with Crippen molar-refractivity contribution in [3.63, 3.8) is 0 Å². The van der Waals surface area contributed by atoms with Gasteiger partial charge in [0, 0.05) is 10.0 Å². The molecule has 1 aliphatic heterocycles. The van der Waals surface area contributed by atoms with Crippen molar-refractivity contribution < 1.29 is 19.1 Å². The first kappa shape index (κ1) is 26.4. The number of carbonyl (C=O) groups excluding carboxylic acids is 2. The van der Waals surface area contributed by atoms with Gasteiger partial charge in [0.1, 0.15) is 6.61 Å². The maximum atomic E-state index is 13.0. The zero-order valence-corrected chi connectivity index (χ0v) is 24.0. The lowest BCUT2D eigenvalue weighted by molar-refractivity contribution is -0.123. The third-order valence-corrected chi connectivity index (χ3v) is 7.53. The first-order chi connectivity index (χ1) is 17.2. The van der Waals surface area contributed by atoms with E-state index in [0.29, 0.717) is 38.6 Å². The minimum Gasteiger partial charge on any atom is -0.493 e. The number of carbonyl (C=O) groups is 2. The number of hydrazine groups is 1. The Hall–Kier alpha value is -2.66. The molecule has 3 aromatic carbocycles. The molecule has 10 heteroatoms. The second-order valence-corrected chi connectivity index (χ2v) is 11.2. The van der Waals surface area contributed by atoms with Crippen LogP contribution < -0.4 is 14.9 Å². The number of thiocarbonyl (C=S) groups is 1. The van der Waals surface area contributed by atoms with E-state index in [1.807, 2.05) is 49.4 Å².